The summed E-state index contributed by atoms with van der Waals surface area (Å²) in [6, 6.07) is 5.23. The van der Waals surface area contributed by atoms with Gasteiger partial charge in [0.1, 0.15) is 0 Å². The molecule has 1 fully saturated rings. The Bertz CT molecular complexity index is 578. The van der Waals surface area contributed by atoms with Crippen LogP contribution >= 0.6 is 35.0 Å². The van der Waals surface area contributed by atoms with E-state index in [0.717, 1.165) is 18.0 Å². The lowest BCUT2D eigenvalue weighted by molar-refractivity contribution is -0.896. The first-order valence-electron chi connectivity index (χ1n) is 7.39. The van der Waals surface area contributed by atoms with Gasteiger partial charge in [-0.2, -0.15) is 0 Å². The van der Waals surface area contributed by atoms with Crippen molar-refractivity contribution < 1.29 is 14.5 Å². The molecule has 1 heterocycles. The average molecular weight is 377 g/mol. The third-order valence-electron chi connectivity index (χ3n) is 3.76. The lowest BCUT2D eigenvalue weighted by Gasteiger charge is -2.31. The molecule has 1 aromatic carbocycles. The molecule has 2 N–H and O–H groups in total. The Morgan fingerprint density at radius 1 is 1.30 bits per heavy atom. The van der Waals surface area contributed by atoms with Crippen LogP contribution in [0.15, 0.2) is 23.1 Å². The largest absolute Gasteiger partial charge is 0.354 e. The predicted molar refractivity (Wildman–Crippen MR) is 93.4 cm³/mol. The van der Waals surface area contributed by atoms with Crippen molar-refractivity contribution in [2.24, 2.45) is 0 Å². The van der Waals surface area contributed by atoms with E-state index in [1.54, 1.807) is 25.2 Å². The highest BCUT2D eigenvalue weighted by atomic mass is 35.5. The number of amides is 2. The Morgan fingerprint density at radius 3 is 2.65 bits per heavy atom. The zero-order valence-corrected chi connectivity index (χ0v) is 15.2. The number of hydrogen-bond donors (Lipinski definition) is 2. The van der Waals surface area contributed by atoms with Crippen molar-refractivity contribution in [3.8, 4) is 0 Å². The number of thioether (sulfide) groups is 1. The fourth-order valence-corrected chi connectivity index (χ4v) is 3.78. The monoisotopic (exact) mass is 376 g/mol. The molecule has 0 aliphatic carbocycles. The number of carbonyl (C=O) groups is 2. The molecule has 2 rings (SSSR count). The van der Waals surface area contributed by atoms with Gasteiger partial charge in [-0.3, -0.25) is 9.59 Å². The van der Waals surface area contributed by atoms with Crippen molar-refractivity contribution in [2.75, 3.05) is 45.5 Å². The minimum Gasteiger partial charge on any atom is -0.354 e. The van der Waals surface area contributed by atoms with E-state index >= 15 is 0 Å². The molecule has 126 valence electrons. The number of carbonyl (C=O) groups excluding carboxylic acids is 2. The molecule has 1 saturated heterocycles. The summed E-state index contributed by atoms with van der Waals surface area (Å²) in [6.07, 6.45) is 0. The van der Waals surface area contributed by atoms with Crippen molar-refractivity contribution >= 4 is 46.8 Å². The zero-order valence-electron chi connectivity index (χ0n) is 12.9. The third-order valence-corrected chi connectivity index (χ3v) is 5.47. The van der Waals surface area contributed by atoms with Crippen LogP contribution in [0.1, 0.15) is 0 Å². The third kappa shape index (κ3) is 5.57. The van der Waals surface area contributed by atoms with Crippen molar-refractivity contribution in [1.82, 2.24) is 10.2 Å². The van der Waals surface area contributed by atoms with Gasteiger partial charge in [0.2, 0.25) is 5.91 Å². The number of halogens is 2. The second kappa shape index (κ2) is 8.78. The van der Waals surface area contributed by atoms with E-state index in [4.69, 9.17) is 23.2 Å². The molecule has 1 aliphatic heterocycles. The second-order valence-electron chi connectivity index (χ2n) is 5.34. The highest BCUT2D eigenvalue weighted by Crippen LogP contribution is 2.29. The van der Waals surface area contributed by atoms with Gasteiger partial charge < -0.3 is 15.1 Å². The quantitative estimate of drug-likeness (QED) is 0.738. The lowest BCUT2D eigenvalue weighted by atomic mass is 10.3. The molecule has 0 aromatic heterocycles. The molecule has 8 heteroatoms. The number of likely N-dealkylation sites (N-methyl/N-ethyl adjacent to an activating group) is 1. The molecule has 0 bridgehead atoms. The minimum absolute atomic E-state index is 0.0333. The number of benzene rings is 1. The first-order chi connectivity index (χ1) is 11.0. The summed E-state index contributed by atoms with van der Waals surface area (Å²) in [6.45, 7) is 3.40. The highest BCUT2D eigenvalue weighted by molar-refractivity contribution is 8.00. The van der Waals surface area contributed by atoms with Gasteiger partial charge in [0.15, 0.2) is 6.54 Å². The normalized spacial score (nSPS) is 15.5. The zero-order chi connectivity index (χ0) is 16.8. The Morgan fingerprint density at radius 2 is 2.00 bits per heavy atom. The summed E-state index contributed by atoms with van der Waals surface area (Å²) in [5.41, 5.74) is 0. The lowest BCUT2D eigenvalue weighted by Crippen LogP contribution is -3.15. The van der Waals surface area contributed by atoms with Gasteiger partial charge in [0.05, 0.1) is 37.0 Å². The molecular formula is C15H20Cl2N3O2S+. The number of rotatable bonds is 5. The van der Waals surface area contributed by atoms with E-state index in [2.05, 4.69) is 5.32 Å². The Kier molecular flexibility index (Phi) is 7.02. The summed E-state index contributed by atoms with van der Waals surface area (Å²) in [7, 11) is 1.64. The van der Waals surface area contributed by atoms with Crippen LogP contribution in [0.5, 0.6) is 0 Å². The first-order valence-corrected chi connectivity index (χ1v) is 9.13. The van der Waals surface area contributed by atoms with E-state index in [1.807, 2.05) is 4.90 Å². The van der Waals surface area contributed by atoms with Crippen LogP contribution in [0.3, 0.4) is 0 Å². The Balaban J connectivity index is 1.79. The van der Waals surface area contributed by atoms with Gasteiger partial charge in [0, 0.05) is 17.0 Å². The van der Waals surface area contributed by atoms with E-state index in [-0.39, 0.29) is 11.8 Å². The van der Waals surface area contributed by atoms with E-state index in [0.29, 0.717) is 35.4 Å². The Hall–Kier alpha value is -0.950. The van der Waals surface area contributed by atoms with Gasteiger partial charge in [-0.1, -0.05) is 23.2 Å². The maximum Gasteiger partial charge on any atom is 0.274 e. The molecule has 1 aliphatic rings. The standard InChI is InChI=1S/C15H19Cl2N3O2S/c1-18-14(21)9-19-4-6-20(7-5-19)15(22)10-23-13-8-11(16)2-3-12(13)17/h2-3,8H,4-7,9-10H2,1H3,(H,18,21)/p+1. The van der Waals surface area contributed by atoms with E-state index in [1.165, 1.54) is 16.7 Å². The van der Waals surface area contributed by atoms with Crippen LogP contribution in [0.25, 0.3) is 0 Å². The Labute approximate surface area is 150 Å². The van der Waals surface area contributed by atoms with Crippen LogP contribution in [0.4, 0.5) is 0 Å². The maximum atomic E-state index is 12.3. The number of nitrogens with zero attached hydrogens (tertiary/aromatic N) is 1. The van der Waals surface area contributed by atoms with Crippen LogP contribution in [0.2, 0.25) is 10.0 Å². The SMILES string of the molecule is CNC(=O)C[NH+]1CCN(C(=O)CSc2cc(Cl)ccc2Cl)CC1. The van der Waals surface area contributed by atoms with Gasteiger partial charge in [-0.25, -0.2) is 0 Å². The molecule has 0 atom stereocenters. The van der Waals surface area contributed by atoms with E-state index < -0.39 is 0 Å². The molecule has 0 unspecified atom stereocenters. The number of hydrogen-bond acceptors (Lipinski definition) is 3. The molecule has 0 saturated carbocycles. The van der Waals surface area contributed by atoms with Gasteiger partial charge in [-0.05, 0) is 18.2 Å². The topological polar surface area (TPSA) is 53.9 Å². The van der Waals surface area contributed by atoms with Gasteiger partial charge in [-0.15, -0.1) is 11.8 Å². The minimum atomic E-state index is 0.0333. The molecule has 2 amide bonds. The molecule has 5 nitrogen and oxygen atoms in total. The highest BCUT2D eigenvalue weighted by Gasteiger charge is 2.24. The van der Waals surface area contributed by atoms with Crippen molar-refractivity contribution in [2.45, 2.75) is 4.90 Å². The molecular weight excluding hydrogens is 357 g/mol. The summed E-state index contributed by atoms with van der Waals surface area (Å²) in [5.74, 6) is 0.459. The number of nitrogens with one attached hydrogen (secondary N) is 2. The van der Waals surface area contributed by atoms with Crippen LogP contribution in [0, 0.1) is 0 Å². The summed E-state index contributed by atoms with van der Waals surface area (Å²) in [4.78, 5) is 27.5. The predicted octanol–water partition coefficient (Wildman–Crippen LogP) is 0.559. The summed E-state index contributed by atoms with van der Waals surface area (Å²) >= 11 is 13.4. The van der Waals surface area contributed by atoms with Crippen molar-refractivity contribution in [3.05, 3.63) is 28.2 Å². The fraction of sp³-hybridized carbons (Fsp3) is 0.467. The first kappa shape index (κ1) is 18.4. The summed E-state index contributed by atoms with van der Waals surface area (Å²) in [5, 5.41) is 3.84. The molecule has 0 spiro atoms. The van der Waals surface area contributed by atoms with Crippen LogP contribution in [-0.2, 0) is 9.59 Å². The second-order valence-corrected chi connectivity index (χ2v) is 7.20. The summed E-state index contributed by atoms with van der Waals surface area (Å²) < 4.78 is 0. The smallest absolute Gasteiger partial charge is 0.274 e. The van der Waals surface area contributed by atoms with Gasteiger partial charge >= 0.3 is 0 Å². The average Bonchev–Trinajstić information content (AvgIpc) is 2.56. The number of quaternary nitrogens is 1. The maximum absolute atomic E-state index is 12.3. The number of piperazine rings is 1. The molecule has 1 aromatic rings. The van der Waals surface area contributed by atoms with Crippen molar-refractivity contribution in [3.63, 3.8) is 0 Å². The fourth-order valence-electron chi connectivity index (χ4n) is 2.38. The molecule has 0 radical (unpaired) electrons. The molecule has 23 heavy (non-hydrogen) atoms. The van der Waals surface area contributed by atoms with Crippen LogP contribution in [-0.4, -0.2) is 62.2 Å². The van der Waals surface area contributed by atoms with Gasteiger partial charge in [0.25, 0.3) is 5.91 Å². The van der Waals surface area contributed by atoms with Crippen LogP contribution < -0.4 is 10.2 Å². The van der Waals surface area contributed by atoms with Crippen molar-refractivity contribution in [1.29, 1.82) is 0 Å². The van der Waals surface area contributed by atoms with E-state index in [9.17, 15) is 9.59 Å².